The van der Waals surface area contributed by atoms with E-state index < -0.39 is 50.4 Å². The maximum Gasteiger partial charge on any atom is 0.459 e. The molecule has 4 aromatic rings. The van der Waals surface area contributed by atoms with Crippen LogP contribution in [0.25, 0.3) is 21.9 Å². The molecule has 0 amide bonds. The standard InChI is InChI=1S/C30H39N6O9P/c1-6-7-15-42-27(38)17(2)35-46(40,45-21-14-10-12-19-11-8-9-13-20(19)21)43-16-22-24(37)30(4,39)28(44-22)36-18(3)32-23-25(36)33-29(31)34-26(23)41-5/h8-14,17,22,24,28,37,39H,6-7,15-16H2,1-5H3,(H,35,40)(H2,31,33,34). The van der Waals surface area contributed by atoms with Crippen LogP contribution in [0.5, 0.6) is 11.6 Å². The molecule has 1 fully saturated rings. The Hall–Kier alpha value is -3.85. The summed E-state index contributed by atoms with van der Waals surface area (Å²) in [6.45, 7) is 6.19. The molecule has 1 aliphatic rings. The van der Waals surface area contributed by atoms with E-state index in [0.29, 0.717) is 17.6 Å². The average molecular weight is 659 g/mol. The van der Waals surface area contributed by atoms with E-state index in [0.717, 1.165) is 11.8 Å². The fraction of sp³-hybridized carbons (Fsp3) is 0.467. The average Bonchev–Trinajstić information content (AvgIpc) is 3.46. The number of nitrogens with one attached hydrogen (secondary N) is 1. The Morgan fingerprint density at radius 3 is 2.70 bits per heavy atom. The van der Waals surface area contributed by atoms with E-state index in [1.807, 2.05) is 31.2 Å². The summed E-state index contributed by atoms with van der Waals surface area (Å²) < 4.78 is 44.3. The Morgan fingerprint density at radius 1 is 1.22 bits per heavy atom. The van der Waals surface area contributed by atoms with Crippen molar-refractivity contribution < 1.29 is 42.8 Å². The number of hydrogen-bond donors (Lipinski definition) is 4. The van der Waals surface area contributed by atoms with Gasteiger partial charge in [-0.15, -0.1) is 0 Å². The third-order valence-corrected chi connectivity index (χ3v) is 9.34. The minimum Gasteiger partial charge on any atom is -0.479 e. The molecule has 5 N–H and O–H groups in total. The number of nitrogens with two attached hydrogens (primary N) is 1. The summed E-state index contributed by atoms with van der Waals surface area (Å²) >= 11 is 0. The third kappa shape index (κ3) is 6.66. The number of esters is 1. The van der Waals surface area contributed by atoms with Crippen LogP contribution in [0.1, 0.15) is 45.7 Å². The normalized spacial score (nSPS) is 23.3. The summed E-state index contributed by atoms with van der Waals surface area (Å²) in [7, 11) is -2.95. The highest BCUT2D eigenvalue weighted by Crippen LogP contribution is 2.49. The van der Waals surface area contributed by atoms with Gasteiger partial charge in [-0.3, -0.25) is 13.9 Å². The minimum absolute atomic E-state index is 0.0940. The van der Waals surface area contributed by atoms with Crippen molar-refractivity contribution in [3.8, 4) is 11.6 Å². The monoisotopic (exact) mass is 658 g/mol. The smallest absolute Gasteiger partial charge is 0.459 e. The van der Waals surface area contributed by atoms with Crippen LogP contribution in [-0.4, -0.2) is 79.9 Å². The molecular formula is C30H39N6O9P. The van der Waals surface area contributed by atoms with Gasteiger partial charge in [0.2, 0.25) is 11.8 Å². The fourth-order valence-electron chi connectivity index (χ4n) is 5.25. The summed E-state index contributed by atoms with van der Waals surface area (Å²) in [6, 6.07) is 11.5. The topological polar surface area (TPSA) is 202 Å². The van der Waals surface area contributed by atoms with Gasteiger partial charge in [0, 0.05) is 5.39 Å². The molecule has 5 rings (SSSR count). The van der Waals surface area contributed by atoms with Crippen molar-refractivity contribution in [3.63, 3.8) is 0 Å². The lowest BCUT2D eigenvalue weighted by Gasteiger charge is -2.28. The number of aromatic nitrogens is 4. The van der Waals surface area contributed by atoms with E-state index in [4.69, 9.17) is 29.0 Å². The third-order valence-electron chi connectivity index (χ3n) is 7.71. The van der Waals surface area contributed by atoms with Crippen LogP contribution < -0.4 is 20.1 Å². The number of hydrogen-bond acceptors (Lipinski definition) is 13. The molecule has 0 spiro atoms. The predicted octanol–water partition coefficient (Wildman–Crippen LogP) is 3.41. The van der Waals surface area contributed by atoms with Gasteiger partial charge in [-0.05, 0) is 38.6 Å². The Balaban J connectivity index is 1.42. The van der Waals surface area contributed by atoms with Crippen LogP contribution in [0.2, 0.25) is 0 Å². The summed E-state index contributed by atoms with van der Waals surface area (Å²) in [4.78, 5) is 25.4. The Bertz CT molecular complexity index is 1760. The van der Waals surface area contributed by atoms with Crippen molar-refractivity contribution in [1.82, 2.24) is 24.6 Å². The number of nitrogen functional groups attached to an aromatic ring is 1. The van der Waals surface area contributed by atoms with Gasteiger partial charge in [0.1, 0.15) is 35.4 Å². The van der Waals surface area contributed by atoms with E-state index in [1.54, 1.807) is 25.1 Å². The molecule has 2 aromatic heterocycles. The lowest BCUT2D eigenvalue weighted by molar-refractivity contribution is -0.145. The number of imidazole rings is 1. The number of benzene rings is 2. The van der Waals surface area contributed by atoms with Crippen molar-refractivity contribution in [2.24, 2.45) is 0 Å². The SMILES string of the molecule is CCCCOC(=O)C(C)NP(=O)(OCC1OC(n2c(C)nc3c(OC)nc(N)nc32)C(C)(O)C1O)Oc1cccc2ccccc12. The van der Waals surface area contributed by atoms with Crippen molar-refractivity contribution in [2.45, 2.75) is 70.6 Å². The Labute approximate surface area is 265 Å². The van der Waals surface area contributed by atoms with Gasteiger partial charge in [0.15, 0.2) is 17.4 Å². The van der Waals surface area contributed by atoms with Gasteiger partial charge < -0.3 is 34.7 Å². The van der Waals surface area contributed by atoms with Gasteiger partial charge in [-0.25, -0.2) is 9.55 Å². The number of aliphatic hydroxyl groups excluding tert-OH is 1. The first kappa shape index (κ1) is 33.5. The van der Waals surface area contributed by atoms with Crippen LogP contribution >= 0.6 is 7.75 Å². The molecule has 6 unspecified atom stereocenters. The maximum atomic E-state index is 14.3. The van der Waals surface area contributed by atoms with Gasteiger partial charge >= 0.3 is 13.7 Å². The molecular weight excluding hydrogens is 619 g/mol. The van der Waals surface area contributed by atoms with Gasteiger partial charge in [-0.1, -0.05) is 49.7 Å². The molecule has 0 saturated carbocycles. The largest absolute Gasteiger partial charge is 0.479 e. The number of unbranched alkanes of at least 4 members (excludes halogenated alkanes) is 1. The second-order valence-electron chi connectivity index (χ2n) is 11.2. The van der Waals surface area contributed by atoms with Gasteiger partial charge in [-0.2, -0.15) is 15.1 Å². The number of aliphatic hydroxyl groups is 2. The second-order valence-corrected chi connectivity index (χ2v) is 12.9. The molecule has 2 aromatic carbocycles. The first-order chi connectivity index (χ1) is 21.9. The second kappa shape index (κ2) is 13.5. The number of fused-ring (bicyclic) bond motifs is 2. The number of ether oxygens (including phenoxy) is 3. The minimum atomic E-state index is -4.36. The number of nitrogens with zero attached hydrogens (tertiary/aromatic N) is 4. The predicted molar refractivity (Wildman–Crippen MR) is 168 cm³/mol. The first-order valence-corrected chi connectivity index (χ1v) is 16.4. The fourth-order valence-corrected chi connectivity index (χ4v) is 6.77. The number of carbonyl (C=O) groups excluding carboxylic acids is 1. The molecule has 6 atom stereocenters. The molecule has 0 bridgehead atoms. The van der Waals surface area contributed by atoms with Gasteiger partial charge in [0.05, 0.1) is 20.3 Å². The summed E-state index contributed by atoms with van der Waals surface area (Å²) in [5.41, 5.74) is 4.48. The van der Waals surface area contributed by atoms with E-state index >= 15 is 0 Å². The summed E-state index contributed by atoms with van der Waals surface area (Å²) in [6.07, 6.45) is -2.46. The molecule has 46 heavy (non-hydrogen) atoms. The quantitative estimate of drug-likeness (QED) is 0.0924. The van der Waals surface area contributed by atoms with Crippen molar-refractivity contribution in [2.75, 3.05) is 26.1 Å². The number of methoxy groups -OCH3 is 1. The molecule has 1 saturated heterocycles. The molecule has 0 aliphatic carbocycles. The molecule has 16 heteroatoms. The zero-order chi connectivity index (χ0) is 33.2. The Morgan fingerprint density at radius 2 is 1.96 bits per heavy atom. The van der Waals surface area contributed by atoms with Crippen LogP contribution in [-0.2, 0) is 23.4 Å². The number of anilines is 1. The van der Waals surface area contributed by atoms with E-state index in [2.05, 4.69) is 20.0 Å². The van der Waals surface area contributed by atoms with Crippen LogP contribution in [0, 0.1) is 6.92 Å². The van der Waals surface area contributed by atoms with Crippen LogP contribution in [0.4, 0.5) is 5.95 Å². The number of aryl methyl sites for hydroxylation is 1. The zero-order valence-electron chi connectivity index (χ0n) is 26.2. The molecule has 3 heterocycles. The van der Waals surface area contributed by atoms with E-state index in [1.165, 1.54) is 25.5 Å². The lowest BCUT2D eigenvalue weighted by atomic mass is 9.96. The Kier molecular flexibility index (Phi) is 9.82. The molecule has 15 nitrogen and oxygen atoms in total. The molecule has 1 aliphatic heterocycles. The van der Waals surface area contributed by atoms with Crippen molar-refractivity contribution in [3.05, 3.63) is 48.3 Å². The van der Waals surface area contributed by atoms with E-state index in [9.17, 15) is 19.6 Å². The van der Waals surface area contributed by atoms with Gasteiger partial charge in [0.25, 0.3) is 0 Å². The zero-order valence-corrected chi connectivity index (χ0v) is 27.1. The maximum absolute atomic E-state index is 14.3. The summed E-state index contributed by atoms with van der Waals surface area (Å²) in [5.74, 6) is 0.00298. The highest BCUT2D eigenvalue weighted by atomic mass is 31.2. The van der Waals surface area contributed by atoms with Crippen molar-refractivity contribution in [1.29, 1.82) is 0 Å². The first-order valence-electron chi connectivity index (χ1n) is 14.9. The lowest BCUT2D eigenvalue weighted by Crippen LogP contribution is -2.44. The highest BCUT2D eigenvalue weighted by Gasteiger charge is 2.54. The highest BCUT2D eigenvalue weighted by molar-refractivity contribution is 7.52. The summed E-state index contributed by atoms with van der Waals surface area (Å²) in [5, 5.41) is 26.9. The molecule has 248 valence electrons. The van der Waals surface area contributed by atoms with E-state index in [-0.39, 0.29) is 35.3 Å². The number of carbonyl (C=O) groups is 1. The van der Waals surface area contributed by atoms with Crippen molar-refractivity contribution >= 4 is 41.6 Å². The molecule has 0 radical (unpaired) electrons. The van der Waals surface area contributed by atoms with Crippen LogP contribution in [0.3, 0.4) is 0 Å². The number of rotatable bonds is 13. The van der Waals surface area contributed by atoms with Crippen LogP contribution in [0.15, 0.2) is 42.5 Å².